The van der Waals surface area contributed by atoms with E-state index in [-0.39, 0.29) is 23.9 Å². The minimum absolute atomic E-state index is 0.0937. The topological polar surface area (TPSA) is 75.5 Å². The number of hydrogen-bond donors (Lipinski definition) is 0. The third kappa shape index (κ3) is 3.56. The molecule has 8 heteroatoms. The summed E-state index contributed by atoms with van der Waals surface area (Å²) in [5.74, 6) is -0.0937. The molecule has 0 atom stereocenters. The zero-order valence-electron chi connectivity index (χ0n) is 15.2. The number of amides is 1. The fourth-order valence-corrected chi connectivity index (χ4v) is 4.68. The lowest BCUT2D eigenvalue weighted by atomic mass is 10.1. The number of benzene rings is 2. The predicted molar refractivity (Wildman–Crippen MR) is 105 cm³/mol. The van der Waals surface area contributed by atoms with Crippen molar-refractivity contribution >= 4 is 15.9 Å². The average Bonchev–Trinajstić information content (AvgIpc) is 3.29. The zero-order valence-corrected chi connectivity index (χ0v) is 16.0. The van der Waals surface area contributed by atoms with Crippen LogP contribution in [0.25, 0.3) is 5.69 Å². The van der Waals surface area contributed by atoms with Gasteiger partial charge in [0.1, 0.15) is 0 Å². The smallest absolute Gasteiger partial charge is 0.253 e. The maximum absolute atomic E-state index is 12.8. The van der Waals surface area contributed by atoms with Crippen LogP contribution in [0.1, 0.15) is 10.4 Å². The molecule has 28 heavy (non-hydrogen) atoms. The Morgan fingerprint density at radius 1 is 0.857 bits per heavy atom. The summed E-state index contributed by atoms with van der Waals surface area (Å²) < 4.78 is 28.6. The van der Waals surface area contributed by atoms with Crippen LogP contribution in [0, 0.1) is 0 Å². The molecule has 0 spiro atoms. The molecule has 0 radical (unpaired) electrons. The molecule has 4 rings (SSSR count). The summed E-state index contributed by atoms with van der Waals surface area (Å²) in [5, 5.41) is 4.17. The van der Waals surface area contributed by atoms with Crippen LogP contribution in [0.2, 0.25) is 0 Å². The third-order valence-electron chi connectivity index (χ3n) is 4.79. The Kier molecular flexibility index (Phi) is 4.97. The van der Waals surface area contributed by atoms with E-state index in [1.807, 2.05) is 24.4 Å². The summed E-state index contributed by atoms with van der Waals surface area (Å²) in [4.78, 5) is 14.7. The highest BCUT2D eigenvalue weighted by atomic mass is 32.2. The van der Waals surface area contributed by atoms with Gasteiger partial charge in [-0.2, -0.15) is 9.40 Å². The molecule has 1 amide bonds. The van der Waals surface area contributed by atoms with Crippen molar-refractivity contribution in [2.24, 2.45) is 0 Å². The first-order valence-corrected chi connectivity index (χ1v) is 10.4. The molecule has 144 valence electrons. The van der Waals surface area contributed by atoms with Crippen molar-refractivity contribution < 1.29 is 13.2 Å². The summed E-state index contributed by atoms with van der Waals surface area (Å²) in [6, 6.07) is 17.4. The van der Waals surface area contributed by atoms with E-state index in [2.05, 4.69) is 5.10 Å². The molecule has 0 bridgehead atoms. The highest BCUT2D eigenvalue weighted by Gasteiger charge is 2.30. The van der Waals surface area contributed by atoms with Gasteiger partial charge in [-0.25, -0.2) is 13.1 Å². The first-order chi connectivity index (χ1) is 13.6. The molecule has 0 aliphatic carbocycles. The largest absolute Gasteiger partial charge is 0.336 e. The Balaban J connectivity index is 1.41. The van der Waals surface area contributed by atoms with E-state index in [1.54, 1.807) is 58.2 Å². The van der Waals surface area contributed by atoms with E-state index in [4.69, 9.17) is 0 Å². The van der Waals surface area contributed by atoms with Gasteiger partial charge in [0.2, 0.25) is 10.0 Å². The Bertz CT molecular complexity index is 1040. The molecule has 1 aliphatic heterocycles. The van der Waals surface area contributed by atoms with Gasteiger partial charge in [-0.1, -0.05) is 18.2 Å². The molecule has 2 heterocycles. The van der Waals surface area contributed by atoms with Crippen LogP contribution in [0.3, 0.4) is 0 Å². The first-order valence-electron chi connectivity index (χ1n) is 9.00. The number of piperazine rings is 1. The molecule has 1 aromatic heterocycles. The molecule has 1 saturated heterocycles. The molecular formula is C20H20N4O3S. The van der Waals surface area contributed by atoms with E-state index in [9.17, 15) is 13.2 Å². The standard InChI is InChI=1S/C20H20N4O3S/c25-20(17-7-9-18(10-8-17)24-12-4-11-21-24)22-13-15-23(16-14-22)28(26,27)19-5-2-1-3-6-19/h1-12H,13-16H2. The maximum atomic E-state index is 12.8. The number of carbonyl (C=O) groups is 1. The van der Waals surface area contributed by atoms with Gasteiger partial charge < -0.3 is 4.90 Å². The normalized spacial score (nSPS) is 15.5. The second-order valence-electron chi connectivity index (χ2n) is 6.51. The fraction of sp³-hybridized carbons (Fsp3) is 0.200. The number of hydrogen-bond acceptors (Lipinski definition) is 4. The number of sulfonamides is 1. The van der Waals surface area contributed by atoms with Gasteiger partial charge in [0.05, 0.1) is 10.6 Å². The summed E-state index contributed by atoms with van der Waals surface area (Å²) in [6.45, 7) is 1.31. The van der Waals surface area contributed by atoms with Gasteiger partial charge in [-0.15, -0.1) is 0 Å². The van der Waals surface area contributed by atoms with Crippen molar-refractivity contribution in [2.75, 3.05) is 26.2 Å². The lowest BCUT2D eigenvalue weighted by Crippen LogP contribution is -2.50. The number of aromatic nitrogens is 2. The van der Waals surface area contributed by atoms with Crippen molar-refractivity contribution in [3.8, 4) is 5.69 Å². The molecule has 0 unspecified atom stereocenters. The zero-order chi connectivity index (χ0) is 19.6. The van der Waals surface area contributed by atoms with Crippen LogP contribution < -0.4 is 0 Å². The van der Waals surface area contributed by atoms with Crippen molar-refractivity contribution in [2.45, 2.75) is 4.90 Å². The number of carbonyl (C=O) groups excluding carboxylic acids is 1. The minimum Gasteiger partial charge on any atom is -0.336 e. The average molecular weight is 396 g/mol. The van der Waals surface area contributed by atoms with Gasteiger partial charge >= 0.3 is 0 Å². The van der Waals surface area contributed by atoms with Gasteiger partial charge in [0, 0.05) is 44.1 Å². The Hall–Kier alpha value is -2.97. The van der Waals surface area contributed by atoms with Gasteiger partial charge in [0.25, 0.3) is 5.91 Å². The molecule has 0 N–H and O–H groups in total. The molecule has 1 aliphatic rings. The highest BCUT2D eigenvalue weighted by molar-refractivity contribution is 7.89. The number of nitrogens with zero attached hydrogens (tertiary/aromatic N) is 4. The second kappa shape index (κ2) is 7.57. The lowest BCUT2D eigenvalue weighted by Gasteiger charge is -2.34. The predicted octanol–water partition coefficient (Wildman–Crippen LogP) is 2.02. The van der Waals surface area contributed by atoms with Crippen molar-refractivity contribution in [1.82, 2.24) is 19.0 Å². The van der Waals surface area contributed by atoms with Crippen LogP contribution >= 0.6 is 0 Å². The molecule has 3 aromatic rings. The minimum atomic E-state index is -3.52. The van der Waals surface area contributed by atoms with Gasteiger partial charge in [-0.05, 0) is 42.5 Å². The SMILES string of the molecule is O=C(c1ccc(-n2cccn2)cc1)N1CCN(S(=O)(=O)c2ccccc2)CC1. The van der Waals surface area contributed by atoms with Crippen LogP contribution in [-0.4, -0.2) is 59.5 Å². The quantitative estimate of drug-likeness (QED) is 0.676. The Morgan fingerprint density at radius 3 is 2.14 bits per heavy atom. The van der Waals surface area contributed by atoms with E-state index in [0.717, 1.165) is 5.69 Å². The van der Waals surface area contributed by atoms with Crippen molar-refractivity contribution in [3.63, 3.8) is 0 Å². The second-order valence-corrected chi connectivity index (χ2v) is 8.44. The van der Waals surface area contributed by atoms with Crippen LogP contribution in [-0.2, 0) is 10.0 Å². The summed E-state index contributed by atoms with van der Waals surface area (Å²) in [7, 11) is -3.52. The molecular weight excluding hydrogens is 376 g/mol. The fourth-order valence-electron chi connectivity index (χ4n) is 3.23. The van der Waals surface area contributed by atoms with Gasteiger partial charge in [0.15, 0.2) is 0 Å². The maximum Gasteiger partial charge on any atom is 0.253 e. The Morgan fingerprint density at radius 2 is 1.54 bits per heavy atom. The number of rotatable bonds is 4. The van der Waals surface area contributed by atoms with Crippen LogP contribution in [0.15, 0.2) is 78.0 Å². The first kappa shape index (κ1) is 18.4. The summed E-state index contributed by atoms with van der Waals surface area (Å²) in [6.07, 6.45) is 3.53. The van der Waals surface area contributed by atoms with Crippen molar-refractivity contribution in [1.29, 1.82) is 0 Å². The van der Waals surface area contributed by atoms with E-state index >= 15 is 0 Å². The molecule has 7 nitrogen and oxygen atoms in total. The van der Waals surface area contributed by atoms with Crippen LogP contribution in [0.5, 0.6) is 0 Å². The van der Waals surface area contributed by atoms with E-state index < -0.39 is 10.0 Å². The molecule has 1 fully saturated rings. The summed E-state index contributed by atoms with van der Waals surface area (Å²) >= 11 is 0. The third-order valence-corrected chi connectivity index (χ3v) is 6.70. The highest BCUT2D eigenvalue weighted by Crippen LogP contribution is 2.18. The summed E-state index contributed by atoms with van der Waals surface area (Å²) in [5.41, 5.74) is 1.45. The van der Waals surface area contributed by atoms with E-state index in [1.165, 1.54) is 4.31 Å². The van der Waals surface area contributed by atoms with Crippen LogP contribution in [0.4, 0.5) is 0 Å². The molecule has 2 aromatic carbocycles. The lowest BCUT2D eigenvalue weighted by molar-refractivity contribution is 0.0698. The monoisotopic (exact) mass is 396 g/mol. The van der Waals surface area contributed by atoms with Crippen molar-refractivity contribution in [3.05, 3.63) is 78.6 Å². The van der Waals surface area contributed by atoms with E-state index in [0.29, 0.717) is 18.7 Å². The Labute approximate surface area is 163 Å². The van der Waals surface area contributed by atoms with Gasteiger partial charge in [-0.3, -0.25) is 4.79 Å². The molecule has 0 saturated carbocycles.